The molecule has 1 heterocycles. The van der Waals surface area contributed by atoms with Crippen LogP contribution < -0.4 is 0 Å². The summed E-state index contributed by atoms with van der Waals surface area (Å²) in [6.07, 6.45) is 3.99. The minimum atomic E-state index is -0.550. The Kier molecular flexibility index (Phi) is 6.45. The molecule has 0 amide bonds. The van der Waals surface area contributed by atoms with E-state index in [0.29, 0.717) is 18.6 Å². The topological polar surface area (TPSA) is 60.2 Å². The second-order valence-corrected chi connectivity index (χ2v) is 7.04. The molecule has 0 saturated carbocycles. The first-order valence-corrected chi connectivity index (χ1v) is 8.23. The minimum Gasteiger partial charge on any atom is -0.390 e. The molecular weight excluding hydrogens is 309 g/mol. The quantitative estimate of drug-likeness (QED) is 0.752. The predicted molar refractivity (Wildman–Crippen MR) is 89.8 cm³/mol. The first-order chi connectivity index (χ1) is 11.4. The molecule has 0 fully saturated rings. The van der Waals surface area contributed by atoms with E-state index < -0.39 is 6.10 Å². The van der Waals surface area contributed by atoms with Crippen molar-refractivity contribution < 1.29 is 14.2 Å². The van der Waals surface area contributed by atoms with Crippen LogP contribution in [0.2, 0.25) is 0 Å². The van der Waals surface area contributed by atoms with E-state index in [2.05, 4.69) is 10.1 Å². The van der Waals surface area contributed by atoms with Gasteiger partial charge in [0.1, 0.15) is 18.5 Å². The maximum atomic E-state index is 13.5. The first kappa shape index (κ1) is 18.5. The van der Waals surface area contributed by atoms with Crippen molar-refractivity contribution in [1.82, 2.24) is 14.8 Å². The number of aliphatic hydroxyl groups excluding tert-OH is 1. The molecule has 1 aromatic carbocycles. The van der Waals surface area contributed by atoms with Crippen molar-refractivity contribution >= 4 is 0 Å². The molecule has 0 bridgehead atoms. The number of hydrogen-bond acceptors (Lipinski definition) is 4. The highest BCUT2D eigenvalue weighted by molar-refractivity contribution is 5.16. The van der Waals surface area contributed by atoms with Crippen molar-refractivity contribution in [1.29, 1.82) is 0 Å². The number of benzene rings is 1. The molecule has 2 aromatic rings. The Bertz CT molecular complexity index is 611. The van der Waals surface area contributed by atoms with Crippen molar-refractivity contribution in [3.05, 3.63) is 48.3 Å². The lowest BCUT2D eigenvalue weighted by atomic mass is 9.83. The molecule has 2 unspecified atom stereocenters. The molecule has 0 aliphatic heterocycles. The number of aliphatic hydroxyl groups is 1. The molecule has 6 heteroatoms. The van der Waals surface area contributed by atoms with Gasteiger partial charge in [-0.05, 0) is 24.3 Å². The van der Waals surface area contributed by atoms with Crippen LogP contribution >= 0.6 is 0 Å². The predicted octanol–water partition coefficient (Wildman–Crippen LogP) is 3.36. The summed E-state index contributed by atoms with van der Waals surface area (Å²) in [6, 6.07) is 6.44. The smallest absolute Gasteiger partial charge is 0.137 e. The zero-order chi connectivity index (χ0) is 17.6. The van der Waals surface area contributed by atoms with Gasteiger partial charge in [0.25, 0.3) is 0 Å². The number of rotatable bonds is 8. The summed E-state index contributed by atoms with van der Waals surface area (Å²) >= 11 is 0. The van der Waals surface area contributed by atoms with E-state index in [1.807, 2.05) is 20.8 Å². The third-order valence-electron chi connectivity index (χ3n) is 4.03. The summed E-state index contributed by atoms with van der Waals surface area (Å²) in [4.78, 5) is 3.97. The van der Waals surface area contributed by atoms with E-state index in [-0.39, 0.29) is 23.9 Å². The summed E-state index contributed by atoms with van der Waals surface area (Å²) in [5, 5.41) is 14.8. The summed E-state index contributed by atoms with van der Waals surface area (Å²) in [5.74, 6) is -0.249. The standard InChI is InChI=1S/C18H26FN3O2/c1-18(2,3)17(23)16(22-13-20-12-21-22)9-6-10-24-11-14-7-4-5-8-15(14)19/h4-5,7-8,12-13,16-17,23H,6,9-11H2,1-3H3. The van der Waals surface area contributed by atoms with Crippen LogP contribution in [-0.4, -0.2) is 32.6 Å². The largest absolute Gasteiger partial charge is 0.390 e. The van der Waals surface area contributed by atoms with Gasteiger partial charge >= 0.3 is 0 Å². The second-order valence-electron chi connectivity index (χ2n) is 7.04. The van der Waals surface area contributed by atoms with Crippen LogP contribution in [0.25, 0.3) is 0 Å². The van der Waals surface area contributed by atoms with Crippen LogP contribution in [0.1, 0.15) is 45.2 Å². The van der Waals surface area contributed by atoms with Gasteiger partial charge in [0.15, 0.2) is 0 Å². The van der Waals surface area contributed by atoms with Crippen LogP contribution in [0, 0.1) is 11.2 Å². The van der Waals surface area contributed by atoms with E-state index in [4.69, 9.17) is 4.74 Å². The van der Waals surface area contributed by atoms with E-state index in [0.717, 1.165) is 6.42 Å². The Morgan fingerprint density at radius 2 is 2.04 bits per heavy atom. The van der Waals surface area contributed by atoms with Gasteiger partial charge in [0.05, 0.1) is 18.8 Å². The van der Waals surface area contributed by atoms with Gasteiger partial charge in [-0.25, -0.2) is 14.1 Å². The Hall–Kier alpha value is -1.79. The van der Waals surface area contributed by atoms with Gasteiger partial charge in [0, 0.05) is 12.2 Å². The lowest BCUT2D eigenvalue weighted by molar-refractivity contribution is 0.00495. The fraction of sp³-hybridized carbons (Fsp3) is 0.556. The van der Waals surface area contributed by atoms with Gasteiger partial charge in [-0.3, -0.25) is 0 Å². The fourth-order valence-corrected chi connectivity index (χ4v) is 2.59. The second kappa shape index (κ2) is 8.35. The maximum Gasteiger partial charge on any atom is 0.137 e. The Labute approximate surface area is 142 Å². The zero-order valence-electron chi connectivity index (χ0n) is 14.5. The van der Waals surface area contributed by atoms with E-state index in [1.54, 1.807) is 29.2 Å². The van der Waals surface area contributed by atoms with Crippen LogP contribution in [0.3, 0.4) is 0 Å². The number of nitrogens with zero attached hydrogens (tertiary/aromatic N) is 3. The molecule has 5 nitrogen and oxygen atoms in total. The average Bonchev–Trinajstić information content (AvgIpc) is 3.05. The Morgan fingerprint density at radius 1 is 1.29 bits per heavy atom. The molecule has 1 N–H and O–H groups in total. The Morgan fingerprint density at radius 3 is 2.67 bits per heavy atom. The molecule has 0 saturated heterocycles. The summed E-state index contributed by atoms with van der Waals surface area (Å²) < 4.78 is 20.8. The normalized spacial score (nSPS) is 14.5. The highest BCUT2D eigenvalue weighted by Crippen LogP contribution is 2.30. The molecule has 1 aromatic heterocycles. The van der Waals surface area contributed by atoms with Crippen molar-refractivity contribution in [2.75, 3.05) is 6.61 Å². The first-order valence-electron chi connectivity index (χ1n) is 8.23. The van der Waals surface area contributed by atoms with Crippen molar-refractivity contribution in [3.63, 3.8) is 0 Å². The van der Waals surface area contributed by atoms with Gasteiger partial charge in [0.2, 0.25) is 0 Å². The van der Waals surface area contributed by atoms with Gasteiger partial charge < -0.3 is 9.84 Å². The van der Waals surface area contributed by atoms with Crippen LogP contribution in [0.4, 0.5) is 4.39 Å². The highest BCUT2D eigenvalue weighted by Gasteiger charge is 2.31. The van der Waals surface area contributed by atoms with Gasteiger partial charge in [-0.1, -0.05) is 39.0 Å². The SMILES string of the molecule is CC(C)(C)C(O)C(CCCOCc1ccccc1F)n1cncn1. The van der Waals surface area contributed by atoms with Gasteiger partial charge in [-0.15, -0.1) is 0 Å². The molecular formula is C18H26FN3O2. The number of aromatic nitrogens is 3. The van der Waals surface area contributed by atoms with Crippen molar-refractivity contribution in [3.8, 4) is 0 Å². The Balaban J connectivity index is 1.84. The number of hydrogen-bond donors (Lipinski definition) is 1. The molecule has 2 rings (SSSR count). The summed E-state index contributed by atoms with van der Waals surface area (Å²) in [5.41, 5.74) is 0.296. The number of ether oxygens (including phenoxy) is 1. The summed E-state index contributed by atoms with van der Waals surface area (Å²) in [7, 11) is 0. The van der Waals surface area contributed by atoms with E-state index in [9.17, 15) is 9.50 Å². The monoisotopic (exact) mass is 335 g/mol. The average molecular weight is 335 g/mol. The summed E-state index contributed by atoms with van der Waals surface area (Å²) in [6.45, 7) is 6.74. The molecule has 2 atom stereocenters. The minimum absolute atomic E-state index is 0.162. The molecule has 0 aliphatic rings. The molecule has 132 valence electrons. The number of halogens is 1. The van der Waals surface area contributed by atoms with Crippen molar-refractivity contribution in [2.24, 2.45) is 5.41 Å². The molecule has 0 spiro atoms. The van der Waals surface area contributed by atoms with Crippen LogP contribution in [-0.2, 0) is 11.3 Å². The third-order valence-corrected chi connectivity index (χ3v) is 4.03. The lowest BCUT2D eigenvalue weighted by Gasteiger charge is -2.33. The van der Waals surface area contributed by atoms with Crippen LogP contribution in [0.5, 0.6) is 0 Å². The molecule has 24 heavy (non-hydrogen) atoms. The molecule has 0 radical (unpaired) electrons. The maximum absolute atomic E-state index is 13.5. The highest BCUT2D eigenvalue weighted by atomic mass is 19.1. The van der Waals surface area contributed by atoms with E-state index >= 15 is 0 Å². The lowest BCUT2D eigenvalue weighted by Crippen LogP contribution is -2.36. The van der Waals surface area contributed by atoms with Crippen molar-refractivity contribution in [2.45, 2.75) is 52.4 Å². The van der Waals surface area contributed by atoms with Crippen LogP contribution in [0.15, 0.2) is 36.9 Å². The third kappa shape index (κ3) is 5.11. The van der Waals surface area contributed by atoms with Gasteiger partial charge in [-0.2, -0.15) is 5.10 Å². The fourth-order valence-electron chi connectivity index (χ4n) is 2.59. The van der Waals surface area contributed by atoms with E-state index in [1.165, 1.54) is 12.4 Å². The zero-order valence-corrected chi connectivity index (χ0v) is 14.5. The molecule has 0 aliphatic carbocycles.